The minimum Gasteiger partial charge on any atom is -0.550 e. The SMILES string of the molecule is CCCC(C)(C)C(=O)[O-].NCl. The highest BCUT2D eigenvalue weighted by Gasteiger charge is 2.16. The number of carboxylic acid groups (broad SMARTS) is 1. The molecule has 0 spiro atoms. The van der Waals surface area contributed by atoms with Crippen molar-refractivity contribution in [2.45, 2.75) is 33.6 Å². The molecule has 0 aliphatic rings. The van der Waals surface area contributed by atoms with Crippen LogP contribution >= 0.6 is 11.8 Å². The molecule has 0 heterocycles. The number of carboxylic acids is 1. The van der Waals surface area contributed by atoms with Crippen molar-refractivity contribution >= 4 is 17.7 Å². The van der Waals surface area contributed by atoms with E-state index in [0.717, 1.165) is 6.42 Å². The molecular formula is C7H15ClNO2-. The maximum Gasteiger partial charge on any atom is 0.0470 e. The summed E-state index contributed by atoms with van der Waals surface area (Å²) in [5.74, 6) is -0.954. The van der Waals surface area contributed by atoms with E-state index in [0.29, 0.717) is 6.42 Å². The Bertz CT molecular complexity index is 115. The Morgan fingerprint density at radius 3 is 2.00 bits per heavy atom. The molecule has 2 N–H and O–H groups in total. The van der Waals surface area contributed by atoms with Gasteiger partial charge in [-0.2, -0.15) is 0 Å². The van der Waals surface area contributed by atoms with Gasteiger partial charge in [-0.05, 0) is 18.2 Å². The minimum absolute atomic E-state index is 0.644. The van der Waals surface area contributed by atoms with Gasteiger partial charge in [-0.3, -0.25) is 0 Å². The average molecular weight is 181 g/mol. The summed E-state index contributed by atoms with van der Waals surface area (Å²) in [7, 11) is 0. The monoisotopic (exact) mass is 180 g/mol. The summed E-state index contributed by atoms with van der Waals surface area (Å²) in [4.78, 5) is 10.3. The van der Waals surface area contributed by atoms with Gasteiger partial charge >= 0.3 is 0 Å². The van der Waals surface area contributed by atoms with Crippen LogP contribution in [0.5, 0.6) is 0 Å². The highest BCUT2D eigenvalue weighted by Crippen LogP contribution is 2.20. The van der Waals surface area contributed by atoms with E-state index < -0.39 is 11.4 Å². The molecule has 0 saturated carbocycles. The molecule has 0 aromatic heterocycles. The third-order valence-electron chi connectivity index (χ3n) is 1.43. The molecule has 0 bridgehead atoms. The molecule has 0 aromatic carbocycles. The molecule has 0 unspecified atom stereocenters. The molecular weight excluding hydrogens is 166 g/mol. The van der Waals surface area contributed by atoms with E-state index in [2.05, 4.69) is 17.0 Å². The zero-order chi connectivity index (χ0) is 9.49. The van der Waals surface area contributed by atoms with Gasteiger partial charge in [0.25, 0.3) is 0 Å². The Kier molecular flexibility index (Phi) is 7.79. The topological polar surface area (TPSA) is 66.1 Å². The van der Waals surface area contributed by atoms with E-state index in [1.54, 1.807) is 13.8 Å². The lowest BCUT2D eigenvalue weighted by atomic mass is 9.88. The normalized spacial score (nSPS) is 9.91. The first-order valence-electron chi connectivity index (χ1n) is 3.44. The molecule has 0 saturated heterocycles. The molecule has 0 fully saturated rings. The number of nitrogens with two attached hydrogens (primary N) is 1. The summed E-state index contributed by atoms with van der Waals surface area (Å²) >= 11 is 4.14. The van der Waals surface area contributed by atoms with Crippen LogP contribution in [0.15, 0.2) is 0 Å². The van der Waals surface area contributed by atoms with Crippen LogP contribution in [0, 0.1) is 5.41 Å². The zero-order valence-electron chi connectivity index (χ0n) is 7.19. The summed E-state index contributed by atoms with van der Waals surface area (Å²) in [5, 5.41) is 14.3. The molecule has 0 rings (SSSR count). The lowest BCUT2D eigenvalue weighted by Crippen LogP contribution is -2.37. The van der Waals surface area contributed by atoms with Crippen molar-refractivity contribution in [3.63, 3.8) is 0 Å². The molecule has 0 atom stereocenters. The third-order valence-corrected chi connectivity index (χ3v) is 1.43. The highest BCUT2D eigenvalue weighted by molar-refractivity contribution is 6.11. The van der Waals surface area contributed by atoms with Crippen molar-refractivity contribution in [2.75, 3.05) is 0 Å². The lowest BCUT2D eigenvalue weighted by molar-refractivity contribution is -0.317. The van der Waals surface area contributed by atoms with Gasteiger partial charge < -0.3 is 9.90 Å². The second kappa shape index (κ2) is 6.43. The molecule has 0 aliphatic carbocycles. The lowest BCUT2D eigenvalue weighted by Gasteiger charge is -2.24. The van der Waals surface area contributed by atoms with E-state index in [1.807, 2.05) is 6.92 Å². The van der Waals surface area contributed by atoms with Crippen molar-refractivity contribution in [1.82, 2.24) is 0 Å². The summed E-state index contributed by atoms with van der Waals surface area (Å²) in [6.45, 7) is 5.34. The van der Waals surface area contributed by atoms with Crippen LogP contribution in [-0.4, -0.2) is 5.97 Å². The quantitative estimate of drug-likeness (QED) is 0.649. The fourth-order valence-corrected chi connectivity index (χ4v) is 0.727. The number of carbonyl (C=O) groups is 1. The van der Waals surface area contributed by atoms with Crippen molar-refractivity contribution in [3.8, 4) is 0 Å². The number of rotatable bonds is 3. The second-order valence-corrected chi connectivity index (χ2v) is 2.92. The fourth-order valence-electron chi connectivity index (χ4n) is 0.727. The number of halogens is 1. The van der Waals surface area contributed by atoms with Crippen molar-refractivity contribution < 1.29 is 9.90 Å². The number of aliphatic carboxylic acids is 1. The second-order valence-electron chi connectivity index (χ2n) is 2.92. The van der Waals surface area contributed by atoms with Gasteiger partial charge in [-0.1, -0.05) is 27.2 Å². The van der Waals surface area contributed by atoms with Gasteiger partial charge in [0, 0.05) is 11.4 Å². The van der Waals surface area contributed by atoms with Crippen LogP contribution in [0.1, 0.15) is 33.6 Å². The van der Waals surface area contributed by atoms with Crippen LogP contribution in [0.2, 0.25) is 0 Å². The number of carbonyl (C=O) groups excluding carboxylic acids is 1. The van der Waals surface area contributed by atoms with Gasteiger partial charge in [-0.15, -0.1) is 0 Å². The zero-order valence-corrected chi connectivity index (χ0v) is 7.94. The average Bonchev–Trinajstić information content (AvgIpc) is 1.92. The maximum atomic E-state index is 10.3. The number of hydrogen-bond acceptors (Lipinski definition) is 3. The first-order chi connectivity index (χ1) is 5.00. The Morgan fingerprint density at radius 2 is 1.91 bits per heavy atom. The Balaban J connectivity index is 0. The van der Waals surface area contributed by atoms with Gasteiger partial charge in [0.2, 0.25) is 0 Å². The fraction of sp³-hybridized carbons (Fsp3) is 0.857. The largest absolute Gasteiger partial charge is 0.550 e. The van der Waals surface area contributed by atoms with Crippen LogP contribution in [0.3, 0.4) is 0 Å². The molecule has 3 nitrogen and oxygen atoms in total. The summed E-state index contributed by atoms with van der Waals surface area (Å²) in [6.07, 6.45) is 1.58. The molecule has 0 radical (unpaired) electrons. The molecule has 11 heavy (non-hydrogen) atoms. The highest BCUT2D eigenvalue weighted by atomic mass is 35.5. The van der Waals surface area contributed by atoms with Crippen LogP contribution in [0.25, 0.3) is 0 Å². The van der Waals surface area contributed by atoms with Crippen molar-refractivity contribution in [1.29, 1.82) is 0 Å². The predicted molar refractivity (Wildman–Crippen MR) is 43.7 cm³/mol. The van der Waals surface area contributed by atoms with Crippen molar-refractivity contribution in [2.24, 2.45) is 10.7 Å². The molecule has 4 heteroatoms. The van der Waals surface area contributed by atoms with Gasteiger partial charge in [0.1, 0.15) is 0 Å². The van der Waals surface area contributed by atoms with Crippen LogP contribution in [-0.2, 0) is 4.79 Å². The van der Waals surface area contributed by atoms with E-state index in [-0.39, 0.29) is 0 Å². The Hall–Kier alpha value is -0.280. The smallest absolute Gasteiger partial charge is 0.0470 e. The summed E-state index contributed by atoms with van der Waals surface area (Å²) in [6, 6.07) is 0. The number of hydrogen-bond donors (Lipinski definition) is 1. The summed E-state index contributed by atoms with van der Waals surface area (Å²) < 4.78 is 0. The van der Waals surface area contributed by atoms with Crippen LogP contribution < -0.4 is 10.4 Å². The summed E-state index contributed by atoms with van der Waals surface area (Å²) in [5.41, 5.74) is -0.644. The molecule has 0 aromatic rings. The van der Waals surface area contributed by atoms with Gasteiger partial charge in [-0.25, -0.2) is 5.25 Å². The minimum atomic E-state index is -0.954. The predicted octanol–water partition coefficient (Wildman–Crippen LogP) is 0.662. The van der Waals surface area contributed by atoms with E-state index in [1.165, 1.54) is 0 Å². The van der Waals surface area contributed by atoms with E-state index in [9.17, 15) is 9.90 Å². The van der Waals surface area contributed by atoms with Crippen LogP contribution in [0.4, 0.5) is 0 Å². The first kappa shape index (κ1) is 13.3. The molecule has 0 amide bonds. The van der Waals surface area contributed by atoms with Gasteiger partial charge in [0.15, 0.2) is 0 Å². The third kappa shape index (κ3) is 6.13. The van der Waals surface area contributed by atoms with Gasteiger partial charge in [0.05, 0.1) is 0 Å². The molecule has 0 aliphatic heterocycles. The first-order valence-corrected chi connectivity index (χ1v) is 3.87. The molecule has 68 valence electrons. The Labute approximate surface area is 72.6 Å². The Morgan fingerprint density at radius 1 is 1.55 bits per heavy atom. The van der Waals surface area contributed by atoms with E-state index in [4.69, 9.17) is 0 Å². The van der Waals surface area contributed by atoms with Crippen molar-refractivity contribution in [3.05, 3.63) is 0 Å². The van der Waals surface area contributed by atoms with E-state index >= 15 is 0 Å². The maximum absolute atomic E-state index is 10.3. The standard InChI is InChI=1S/C7H14O2.ClH2N/c1-4-5-7(2,3)6(8)9;1-2/h4-5H2,1-3H3,(H,8,9);2H2/p-1.